The molecule has 1 aliphatic rings. The Morgan fingerprint density at radius 2 is 1.46 bits per heavy atom. The lowest BCUT2D eigenvalue weighted by atomic mass is 9.89. The third-order valence-corrected chi connectivity index (χ3v) is 4.17. The Morgan fingerprint density at radius 3 is 1.88 bits per heavy atom. The Labute approximate surface area is 144 Å². The van der Waals surface area contributed by atoms with E-state index in [0.29, 0.717) is 0 Å². The first-order valence-electron chi connectivity index (χ1n) is 8.04. The Bertz CT molecular complexity index is 479. The van der Waals surface area contributed by atoms with E-state index >= 15 is 0 Å². The molecule has 1 heterocycles. The third kappa shape index (κ3) is 6.66. The molecule has 1 saturated heterocycles. The molecule has 0 bridgehead atoms. The fourth-order valence-corrected chi connectivity index (χ4v) is 2.07. The molecule has 0 aliphatic carbocycles. The molecule has 0 aromatic heterocycles. The van der Waals surface area contributed by atoms with Crippen molar-refractivity contribution < 1.29 is 24.9 Å². The van der Waals surface area contributed by atoms with Gasteiger partial charge in [0.1, 0.15) is 11.4 Å². The predicted molar refractivity (Wildman–Crippen MR) is 94.9 cm³/mol. The van der Waals surface area contributed by atoms with Gasteiger partial charge in [-0.15, -0.1) is 0 Å². The highest BCUT2D eigenvalue weighted by atomic mass is 16.5. The first kappa shape index (κ1) is 20.7. The molecule has 7 nitrogen and oxygen atoms in total. The minimum absolute atomic E-state index is 0.635. The fourth-order valence-electron chi connectivity index (χ4n) is 2.07. The van der Waals surface area contributed by atoms with Gasteiger partial charge in [0.05, 0.1) is 5.60 Å². The Hall–Kier alpha value is -1.32. The second kappa shape index (κ2) is 8.69. The van der Waals surface area contributed by atoms with Crippen molar-refractivity contribution in [2.24, 2.45) is 0 Å². The second-order valence-corrected chi connectivity index (χ2v) is 6.75. The van der Waals surface area contributed by atoms with E-state index in [4.69, 9.17) is 19.8 Å². The molecule has 24 heavy (non-hydrogen) atoms. The number of aliphatic hydroxyl groups is 1. The highest BCUT2D eigenvalue weighted by molar-refractivity contribution is 6.30. The van der Waals surface area contributed by atoms with Gasteiger partial charge in [-0.05, 0) is 52.0 Å². The molecule has 8 heteroatoms. The van der Waals surface area contributed by atoms with Crippen LogP contribution < -0.4 is 15.0 Å². The lowest BCUT2D eigenvalue weighted by molar-refractivity contribution is -0.0906. The molecular weight excluding hydrogens is 311 g/mol. The molecule has 0 radical (unpaired) electrons. The SMILES string of the molecule is CC(C)(O)C(C)(C)Oc1ccc(N2CCNCC2)cc1.OB(O)O. The van der Waals surface area contributed by atoms with Gasteiger partial charge in [0, 0.05) is 31.9 Å². The molecule has 0 atom stereocenters. The van der Waals surface area contributed by atoms with Gasteiger partial charge in [-0.3, -0.25) is 0 Å². The van der Waals surface area contributed by atoms with Crippen molar-refractivity contribution in [2.45, 2.75) is 38.9 Å². The molecule has 1 aromatic carbocycles. The second-order valence-electron chi connectivity index (χ2n) is 6.75. The summed E-state index contributed by atoms with van der Waals surface area (Å²) in [4.78, 5) is 2.36. The van der Waals surface area contributed by atoms with E-state index in [1.807, 2.05) is 26.0 Å². The molecule has 136 valence electrons. The van der Waals surface area contributed by atoms with Crippen LogP contribution in [0.5, 0.6) is 5.75 Å². The van der Waals surface area contributed by atoms with Gasteiger partial charge in [0.25, 0.3) is 0 Å². The van der Waals surface area contributed by atoms with Crippen molar-refractivity contribution in [1.29, 1.82) is 0 Å². The normalized spacial score (nSPS) is 15.4. The van der Waals surface area contributed by atoms with E-state index in [9.17, 15) is 5.11 Å². The van der Waals surface area contributed by atoms with Crippen molar-refractivity contribution >= 4 is 13.0 Å². The lowest BCUT2D eigenvalue weighted by Crippen LogP contribution is -2.49. The van der Waals surface area contributed by atoms with Crippen LogP contribution in [0.2, 0.25) is 0 Å². The van der Waals surface area contributed by atoms with Crippen LogP contribution in [0.3, 0.4) is 0 Å². The van der Waals surface area contributed by atoms with E-state index in [2.05, 4.69) is 22.3 Å². The molecule has 1 fully saturated rings. The van der Waals surface area contributed by atoms with Gasteiger partial charge in [-0.25, -0.2) is 0 Å². The maximum absolute atomic E-state index is 10.1. The first-order valence-corrected chi connectivity index (χ1v) is 8.04. The van der Waals surface area contributed by atoms with E-state index in [1.54, 1.807) is 13.8 Å². The summed E-state index contributed by atoms with van der Waals surface area (Å²) in [6, 6.07) is 8.12. The monoisotopic (exact) mass is 340 g/mol. The first-order chi connectivity index (χ1) is 11.0. The third-order valence-electron chi connectivity index (χ3n) is 4.17. The van der Waals surface area contributed by atoms with Crippen LogP contribution in [0.15, 0.2) is 24.3 Å². The Balaban J connectivity index is 0.000000648. The molecule has 0 spiro atoms. The van der Waals surface area contributed by atoms with E-state index in [1.165, 1.54) is 5.69 Å². The van der Waals surface area contributed by atoms with Crippen molar-refractivity contribution in [3.05, 3.63) is 24.3 Å². The average Bonchev–Trinajstić information content (AvgIpc) is 2.47. The standard InChI is InChI=1S/C16H26N2O2.BH3O3/c1-15(2,19)16(3,4)20-14-7-5-13(6-8-14)18-11-9-17-10-12-18;2-1(3)4/h5-8,17,19H,9-12H2,1-4H3;2-4H. The summed E-state index contributed by atoms with van der Waals surface area (Å²) >= 11 is 0. The Morgan fingerprint density at radius 1 is 1.00 bits per heavy atom. The summed E-state index contributed by atoms with van der Waals surface area (Å²) in [7, 11) is -2.17. The summed E-state index contributed by atoms with van der Waals surface area (Å²) < 4.78 is 5.93. The number of nitrogens with zero attached hydrogens (tertiary/aromatic N) is 1. The molecule has 1 aromatic rings. The maximum Gasteiger partial charge on any atom is 0.631 e. The summed E-state index contributed by atoms with van der Waals surface area (Å²) in [5.74, 6) is 0.788. The predicted octanol–water partition coefficient (Wildman–Crippen LogP) is -0.0273. The van der Waals surface area contributed by atoms with Crippen LogP contribution >= 0.6 is 0 Å². The van der Waals surface area contributed by atoms with E-state index in [-0.39, 0.29) is 0 Å². The van der Waals surface area contributed by atoms with Crippen LogP contribution in [0.4, 0.5) is 5.69 Å². The molecule has 2 rings (SSSR count). The minimum atomic E-state index is -2.17. The number of hydrogen-bond acceptors (Lipinski definition) is 7. The number of piperazine rings is 1. The van der Waals surface area contributed by atoms with Crippen molar-refractivity contribution in [3.63, 3.8) is 0 Å². The summed E-state index contributed by atoms with van der Waals surface area (Å²) in [6.07, 6.45) is 0. The summed E-state index contributed by atoms with van der Waals surface area (Å²) in [5, 5.41) is 35.0. The molecular formula is C16H29BN2O5. The van der Waals surface area contributed by atoms with Gasteiger partial charge in [-0.1, -0.05) is 0 Å². The fraction of sp³-hybridized carbons (Fsp3) is 0.625. The highest BCUT2D eigenvalue weighted by Gasteiger charge is 2.37. The van der Waals surface area contributed by atoms with Crippen LogP contribution in [-0.4, -0.2) is 64.9 Å². The highest BCUT2D eigenvalue weighted by Crippen LogP contribution is 2.29. The van der Waals surface area contributed by atoms with Crippen LogP contribution in [0, 0.1) is 0 Å². The number of ether oxygens (including phenoxy) is 1. The van der Waals surface area contributed by atoms with Gasteiger partial charge in [0.2, 0.25) is 0 Å². The number of anilines is 1. The number of hydrogen-bond donors (Lipinski definition) is 5. The van der Waals surface area contributed by atoms with Crippen LogP contribution in [0.1, 0.15) is 27.7 Å². The van der Waals surface area contributed by atoms with Crippen molar-refractivity contribution in [2.75, 3.05) is 31.1 Å². The summed E-state index contributed by atoms with van der Waals surface area (Å²) in [6.45, 7) is 11.5. The number of rotatable bonds is 4. The quantitative estimate of drug-likeness (QED) is 0.490. The Kier molecular flexibility index (Phi) is 7.50. The van der Waals surface area contributed by atoms with Crippen LogP contribution in [-0.2, 0) is 0 Å². The van der Waals surface area contributed by atoms with Gasteiger partial charge in [0.15, 0.2) is 0 Å². The zero-order chi connectivity index (χ0) is 18.4. The van der Waals surface area contributed by atoms with E-state index in [0.717, 1.165) is 31.9 Å². The van der Waals surface area contributed by atoms with Crippen molar-refractivity contribution in [3.8, 4) is 5.75 Å². The van der Waals surface area contributed by atoms with Gasteiger partial charge < -0.3 is 35.1 Å². The minimum Gasteiger partial charge on any atom is -0.485 e. The zero-order valence-corrected chi connectivity index (χ0v) is 14.9. The number of nitrogens with one attached hydrogen (secondary N) is 1. The largest absolute Gasteiger partial charge is 0.631 e. The topological polar surface area (TPSA) is 105 Å². The van der Waals surface area contributed by atoms with Gasteiger partial charge >= 0.3 is 7.32 Å². The average molecular weight is 340 g/mol. The van der Waals surface area contributed by atoms with Crippen LogP contribution in [0.25, 0.3) is 0 Å². The summed E-state index contributed by atoms with van der Waals surface area (Å²) in [5.41, 5.74) is -0.312. The molecule has 1 aliphatic heterocycles. The number of benzene rings is 1. The zero-order valence-electron chi connectivity index (χ0n) is 14.9. The maximum atomic E-state index is 10.1. The molecule has 0 amide bonds. The molecule has 0 unspecified atom stereocenters. The molecule has 0 saturated carbocycles. The van der Waals surface area contributed by atoms with Crippen molar-refractivity contribution in [1.82, 2.24) is 5.32 Å². The molecule has 5 N–H and O–H groups in total. The lowest BCUT2D eigenvalue weighted by Gasteiger charge is -2.37. The van der Waals surface area contributed by atoms with E-state index < -0.39 is 18.5 Å². The smallest absolute Gasteiger partial charge is 0.485 e. The van der Waals surface area contributed by atoms with Gasteiger partial charge in [-0.2, -0.15) is 0 Å².